The molecule has 0 saturated carbocycles. The topological polar surface area (TPSA) is 145 Å². The number of rotatable bonds is 9. The molecule has 0 aromatic heterocycles. The molecule has 0 unspecified atom stereocenters. The summed E-state index contributed by atoms with van der Waals surface area (Å²) >= 11 is 0. The lowest BCUT2D eigenvalue weighted by atomic mass is 10.2. The molecule has 2 aromatic rings. The molecule has 0 radical (unpaired) electrons. The molecule has 0 atom stereocenters. The number of amides is 1. The number of hydrogen-bond donors (Lipinski definition) is 1. The maximum absolute atomic E-state index is 12.7. The molecule has 33 heavy (non-hydrogen) atoms. The first-order chi connectivity index (χ1) is 15.7. The van der Waals surface area contributed by atoms with Crippen LogP contribution in [0.1, 0.15) is 30.1 Å². The molecule has 0 bridgehead atoms. The summed E-state index contributed by atoms with van der Waals surface area (Å²) in [6, 6.07) is 9.51. The second-order valence-corrected chi connectivity index (χ2v) is 9.04. The Labute approximate surface area is 190 Å². The van der Waals surface area contributed by atoms with Crippen molar-refractivity contribution in [1.29, 1.82) is 0 Å². The third kappa shape index (κ3) is 5.65. The Morgan fingerprint density at radius 3 is 2.52 bits per heavy atom. The van der Waals surface area contributed by atoms with E-state index in [2.05, 4.69) is 5.32 Å². The van der Waals surface area contributed by atoms with E-state index < -0.39 is 39.1 Å². The highest BCUT2D eigenvalue weighted by Crippen LogP contribution is 2.32. The molecule has 1 heterocycles. The Kier molecular flexibility index (Phi) is 7.61. The number of ether oxygens (including phenoxy) is 2. The van der Waals surface area contributed by atoms with Gasteiger partial charge in [0.05, 0.1) is 27.7 Å². The van der Waals surface area contributed by atoms with Crippen LogP contribution >= 0.6 is 0 Å². The van der Waals surface area contributed by atoms with Gasteiger partial charge in [-0.3, -0.25) is 14.9 Å². The van der Waals surface area contributed by atoms with E-state index in [0.717, 1.165) is 25.0 Å². The van der Waals surface area contributed by atoms with Crippen molar-refractivity contribution in [1.82, 2.24) is 4.31 Å². The van der Waals surface area contributed by atoms with Gasteiger partial charge in [0.2, 0.25) is 10.0 Å². The molecule has 1 aliphatic rings. The van der Waals surface area contributed by atoms with Crippen LogP contribution in [0.25, 0.3) is 0 Å². The number of hydrogen-bond acceptors (Lipinski definition) is 8. The number of benzene rings is 2. The zero-order valence-corrected chi connectivity index (χ0v) is 18.7. The molecule has 11 nitrogen and oxygen atoms in total. The number of nitro benzene ring substituents is 1. The molecule has 1 amide bonds. The monoisotopic (exact) mass is 477 g/mol. The summed E-state index contributed by atoms with van der Waals surface area (Å²) in [4.78, 5) is 34.9. The summed E-state index contributed by atoms with van der Waals surface area (Å²) in [5.41, 5.74) is -0.226. The van der Waals surface area contributed by atoms with Crippen molar-refractivity contribution in [2.75, 3.05) is 31.6 Å². The van der Waals surface area contributed by atoms with Crippen molar-refractivity contribution >= 4 is 33.3 Å². The van der Waals surface area contributed by atoms with Gasteiger partial charge < -0.3 is 14.8 Å². The van der Waals surface area contributed by atoms with E-state index in [4.69, 9.17) is 9.47 Å². The molecule has 1 aliphatic heterocycles. The van der Waals surface area contributed by atoms with Crippen LogP contribution in [0.2, 0.25) is 0 Å². The maximum atomic E-state index is 12.7. The number of nitro groups is 1. The smallest absolute Gasteiger partial charge is 0.340 e. The number of esters is 1. The highest BCUT2D eigenvalue weighted by molar-refractivity contribution is 7.89. The molecule has 2 aromatic carbocycles. The van der Waals surface area contributed by atoms with Crippen molar-refractivity contribution in [2.24, 2.45) is 0 Å². The van der Waals surface area contributed by atoms with Gasteiger partial charge in [-0.25, -0.2) is 13.2 Å². The number of sulfonamides is 1. The van der Waals surface area contributed by atoms with Gasteiger partial charge in [-0.05, 0) is 44.0 Å². The van der Waals surface area contributed by atoms with Crippen LogP contribution in [0, 0.1) is 10.1 Å². The van der Waals surface area contributed by atoms with E-state index in [1.807, 2.05) is 0 Å². The SMILES string of the molecule is CCOC(=O)c1ccccc1NC(=O)COc1ccc(S(=O)(=O)N2CCCC2)cc1[N+](=O)[O-]. The predicted molar refractivity (Wildman–Crippen MR) is 118 cm³/mol. The average molecular weight is 477 g/mol. The van der Waals surface area contributed by atoms with Crippen LogP contribution in [0.15, 0.2) is 47.4 Å². The van der Waals surface area contributed by atoms with Crippen molar-refractivity contribution < 1.29 is 32.4 Å². The van der Waals surface area contributed by atoms with Crippen LogP contribution in [0.5, 0.6) is 5.75 Å². The lowest BCUT2D eigenvalue weighted by Gasteiger charge is -2.16. The Hall–Kier alpha value is -3.51. The summed E-state index contributed by atoms with van der Waals surface area (Å²) in [5.74, 6) is -1.54. The fourth-order valence-corrected chi connectivity index (χ4v) is 4.85. The Balaban J connectivity index is 1.73. The molecule has 0 spiro atoms. The minimum absolute atomic E-state index is 0.148. The molecular weight excluding hydrogens is 454 g/mol. The second kappa shape index (κ2) is 10.4. The zero-order chi connectivity index (χ0) is 24.0. The van der Waals surface area contributed by atoms with Gasteiger partial charge in [0.25, 0.3) is 5.91 Å². The largest absolute Gasteiger partial charge is 0.477 e. The predicted octanol–water partition coefficient (Wildman–Crippen LogP) is 2.57. The first kappa shape index (κ1) is 24.1. The summed E-state index contributed by atoms with van der Waals surface area (Å²) in [6.45, 7) is 1.94. The summed E-state index contributed by atoms with van der Waals surface area (Å²) in [6.07, 6.45) is 1.47. The van der Waals surface area contributed by atoms with Gasteiger partial charge in [-0.1, -0.05) is 12.1 Å². The van der Waals surface area contributed by atoms with Crippen LogP contribution in [0.4, 0.5) is 11.4 Å². The third-order valence-corrected chi connectivity index (χ3v) is 6.78. The van der Waals surface area contributed by atoms with Gasteiger partial charge in [0.1, 0.15) is 0 Å². The first-order valence-corrected chi connectivity index (χ1v) is 11.7. The van der Waals surface area contributed by atoms with Crippen LogP contribution < -0.4 is 10.1 Å². The Morgan fingerprint density at radius 1 is 1.15 bits per heavy atom. The molecule has 0 aliphatic carbocycles. The highest BCUT2D eigenvalue weighted by Gasteiger charge is 2.30. The van der Waals surface area contributed by atoms with Crippen molar-refractivity contribution in [3.63, 3.8) is 0 Å². The fraction of sp³-hybridized carbons (Fsp3) is 0.333. The molecule has 12 heteroatoms. The van der Waals surface area contributed by atoms with Gasteiger partial charge in [0.15, 0.2) is 12.4 Å². The summed E-state index contributed by atoms with van der Waals surface area (Å²) in [7, 11) is -3.85. The lowest BCUT2D eigenvalue weighted by Crippen LogP contribution is -2.28. The van der Waals surface area contributed by atoms with E-state index >= 15 is 0 Å². The number of para-hydroxylation sites is 1. The summed E-state index contributed by atoms with van der Waals surface area (Å²) < 4.78 is 36.9. The second-order valence-electron chi connectivity index (χ2n) is 7.10. The maximum Gasteiger partial charge on any atom is 0.340 e. The third-order valence-electron chi connectivity index (χ3n) is 4.89. The fourth-order valence-electron chi connectivity index (χ4n) is 3.31. The van der Waals surface area contributed by atoms with Crippen molar-refractivity contribution in [3.05, 3.63) is 58.1 Å². The van der Waals surface area contributed by atoms with Gasteiger partial charge in [-0.15, -0.1) is 0 Å². The average Bonchev–Trinajstić information content (AvgIpc) is 3.34. The molecule has 1 fully saturated rings. The molecule has 3 rings (SSSR count). The van der Waals surface area contributed by atoms with E-state index in [-0.39, 0.29) is 28.5 Å². The Morgan fingerprint density at radius 2 is 1.85 bits per heavy atom. The van der Waals surface area contributed by atoms with E-state index in [9.17, 15) is 28.1 Å². The number of carbonyl (C=O) groups excluding carboxylic acids is 2. The van der Waals surface area contributed by atoms with Gasteiger partial charge in [0, 0.05) is 19.2 Å². The number of nitrogens with one attached hydrogen (secondary N) is 1. The van der Waals surface area contributed by atoms with Gasteiger partial charge >= 0.3 is 11.7 Å². The standard InChI is InChI=1S/C21H23N3O8S/c1-2-31-21(26)16-7-3-4-8-17(16)22-20(25)14-32-19-10-9-15(13-18(19)24(27)28)33(29,30)23-11-5-6-12-23/h3-4,7-10,13H,2,5-6,11-12,14H2,1H3,(H,22,25). The molecule has 176 valence electrons. The quantitative estimate of drug-likeness (QED) is 0.329. The molecule has 1 saturated heterocycles. The number of carbonyl (C=O) groups is 2. The van der Waals surface area contributed by atoms with E-state index in [1.165, 1.54) is 22.5 Å². The molecule has 1 N–H and O–H groups in total. The summed E-state index contributed by atoms with van der Waals surface area (Å²) in [5, 5.41) is 14.0. The van der Waals surface area contributed by atoms with E-state index in [0.29, 0.717) is 13.1 Å². The van der Waals surface area contributed by atoms with Crippen molar-refractivity contribution in [3.8, 4) is 5.75 Å². The Bertz CT molecular complexity index is 1160. The van der Waals surface area contributed by atoms with Crippen molar-refractivity contribution in [2.45, 2.75) is 24.7 Å². The normalized spacial score (nSPS) is 14.0. The van der Waals surface area contributed by atoms with Crippen LogP contribution in [-0.4, -0.2) is 55.8 Å². The van der Waals surface area contributed by atoms with Crippen LogP contribution in [0.3, 0.4) is 0 Å². The minimum Gasteiger partial charge on any atom is -0.477 e. The van der Waals surface area contributed by atoms with Crippen LogP contribution in [-0.2, 0) is 19.6 Å². The first-order valence-electron chi connectivity index (χ1n) is 10.2. The minimum atomic E-state index is -3.85. The van der Waals surface area contributed by atoms with Gasteiger partial charge in [-0.2, -0.15) is 4.31 Å². The number of nitrogens with zero attached hydrogens (tertiary/aromatic N) is 2. The zero-order valence-electron chi connectivity index (χ0n) is 17.9. The number of anilines is 1. The lowest BCUT2D eigenvalue weighted by molar-refractivity contribution is -0.386. The molecular formula is C21H23N3O8S. The van der Waals surface area contributed by atoms with E-state index in [1.54, 1.807) is 19.1 Å². The highest BCUT2D eigenvalue weighted by atomic mass is 32.2.